The van der Waals surface area contributed by atoms with Crippen LogP contribution in [0.1, 0.15) is 22.8 Å². The lowest BCUT2D eigenvalue weighted by Crippen LogP contribution is -2.52. The van der Waals surface area contributed by atoms with Gasteiger partial charge in [-0.05, 0) is 30.0 Å². The summed E-state index contributed by atoms with van der Waals surface area (Å²) in [6, 6.07) is 21.0. The summed E-state index contributed by atoms with van der Waals surface area (Å²) in [5.74, 6) is -0.689. The van der Waals surface area contributed by atoms with Gasteiger partial charge in [0.25, 0.3) is 5.91 Å². The molecule has 1 atom stereocenters. The number of carbonyl (C=O) groups excluding carboxylic acids is 2. The van der Waals surface area contributed by atoms with Crippen LogP contribution < -0.4 is 4.90 Å². The number of fused-ring (bicyclic) bond motifs is 2. The molecule has 0 saturated carbocycles. The van der Waals surface area contributed by atoms with Gasteiger partial charge in [-0.15, -0.1) is 0 Å². The van der Waals surface area contributed by atoms with E-state index in [2.05, 4.69) is 0 Å². The van der Waals surface area contributed by atoms with Crippen LogP contribution in [0.25, 0.3) is 10.8 Å². The number of hydrogen-bond donors (Lipinski definition) is 0. The van der Waals surface area contributed by atoms with Crippen molar-refractivity contribution in [1.82, 2.24) is 0 Å². The molecule has 0 fully saturated rings. The van der Waals surface area contributed by atoms with Crippen molar-refractivity contribution in [3.63, 3.8) is 0 Å². The molecule has 1 aliphatic rings. The number of ether oxygens (including phenoxy) is 1. The van der Waals surface area contributed by atoms with E-state index < -0.39 is 11.6 Å². The van der Waals surface area contributed by atoms with E-state index >= 15 is 0 Å². The van der Waals surface area contributed by atoms with Crippen LogP contribution in [0.4, 0.5) is 5.69 Å². The van der Waals surface area contributed by atoms with Crippen LogP contribution in [0.2, 0.25) is 0 Å². The molecule has 0 spiro atoms. The molecule has 0 saturated heterocycles. The highest BCUT2D eigenvalue weighted by molar-refractivity contribution is 6.08. The van der Waals surface area contributed by atoms with Gasteiger partial charge in [0.2, 0.25) is 0 Å². The molecule has 1 amide bonds. The molecule has 26 heavy (non-hydrogen) atoms. The van der Waals surface area contributed by atoms with Crippen molar-refractivity contribution < 1.29 is 14.3 Å². The Hall–Kier alpha value is -3.14. The van der Waals surface area contributed by atoms with E-state index in [1.165, 1.54) is 0 Å². The molecular weight excluding hydrogens is 326 g/mol. The number of hydrogen-bond acceptors (Lipinski definition) is 3. The first-order valence-corrected chi connectivity index (χ1v) is 8.57. The molecule has 0 aromatic heterocycles. The average molecular weight is 345 g/mol. The van der Waals surface area contributed by atoms with E-state index in [4.69, 9.17) is 4.74 Å². The normalized spacial score (nSPS) is 18.9. The van der Waals surface area contributed by atoms with Gasteiger partial charge in [0, 0.05) is 18.9 Å². The fourth-order valence-electron chi connectivity index (χ4n) is 3.62. The summed E-state index contributed by atoms with van der Waals surface area (Å²) >= 11 is 0. The maximum atomic E-state index is 13.3. The van der Waals surface area contributed by atoms with E-state index in [9.17, 15) is 9.59 Å². The molecule has 0 bridgehead atoms. The Kier molecular flexibility index (Phi) is 3.76. The molecule has 0 N–H and O–H groups in total. The topological polar surface area (TPSA) is 46.6 Å². The van der Waals surface area contributed by atoms with Crippen molar-refractivity contribution in [3.05, 3.63) is 77.9 Å². The molecule has 3 aromatic rings. The number of likely N-dealkylation sites (N-methyl/N-ethyl adjacent to an activating group) is 1. The summed E-state index contributed by atoms with van der Waals surface area (Å²) in [4.78, 5) is 27.2. The minimum Gasteiger partial charge on any atom is -0.445 e. The zero-order chi connectivity index (χ0) is 18.3. The van der Waals surface area contributed by atoms with Crippen LogP contribution >= 0.6 is 0 Å². The lowest BCUT2D eigenvalue weighted by molar-refractivity contribution is -0.136. The second-order valence-electron chi connectivity index (χ2n) is 6.82. The second-order valence-corrected chi connectivity index (χ2v) is 6.82. The van der Waals surface area contributed by atoms with Crippen LogP contribution in [0.5, 0.6) is 0 Å². The SMILES string of the molecule is CN(C(=O)C1(C)Cc2ccccc2C(=O)O1)c1cccc2ccccc12. The molecule has 3 aromatic carbocycles. The van der Waals surface area contributed by atoms with Gasteiger partial charge in [-0.1, -0.05) is 54.6 Å². The van der Waals surface area contributed by atoms with Gasteiger partial charge in [-0.2, -0.15) is 0 Å². The van der Waals surface area contributed by atoms with Crippen LogP contribution in [-0.2, 0) is 16.0 Å². The third-order valence-electron chi connectivity index (χ3n) is 4.97. The third kappa shape index (κ3) is 2.54. The van der Waals surface area contributed by atoms with Crippen LogP contribution in [0.3, 0.4) is 0 Å². The Morgan fingerprint density at radius 1 is 1.00 bits per heavy atom. The Bertz CT molecular complexity index is 1020. The summed E-state index contributed by atoms with van der Waals surface area (Å²) in [7, 11) is 1.73. The van der Waals surface area contributed by atoms with Gasteiger partial charge < -0.3 is 9.64 Å². The quantitative estimate of drug-likeness (QED) is 0.660. The molecule has 1 aliphatic heterocycles. The number of amides is 1. The number of benzene rings is 3. The average Bonchev–Trinajstić information content (AvgIpc) is 2.66. The van der Waals surface area contributed by atoms with Gasteiger partial charge in [-0.3, -0.25) is 4.79 Å². The first kappa shape index (κ1) is 16.3. The number of cyclic esters (lactones) is 1. The molecule has 130 valence electrons. The smallest absolute Gasteiger partial charge is 0.339 e. The van der Waals surface area contributed by atoms with Gasteiger partial charge >= 0.3 is 5.97 Å². The fraction of sp³-hybridized carbons (Fsp3) is 0.182. The largest absolute Gasteiger partial charge is 0.445 e. The fourth-order valence-corrected chi connectivity index (χ4v) is 3.62. The standard InChI is InChI=1S/C22H19NO3/c1-22(14-16-9-4-6-12-18(16)20(24)26-22)21(25)23(2)19-13-7-10-15-8-3-5-11-17(15)19/h3-13H,14H2,1-2H3. The Morgan fingerprint density at radius 3 is 2.54 bits per heavy atom. The number of anilines is 1. The van der Waals surface area contributed by atoms with E-state index in [1.54, 1.807) is 31.0 Å². The Morgan fingerprint density at radius 2 is 1.69 bits per heavy atom. The van der Waals surface area contributed by atoms with Crippen molar-refractivity contribution in [1.29, 1.82) is 0 Å². The summed E-state index contributed by atoms with van der Waals surface area (Å²) in [6.07, 6.45) is 0.364. The summed E-state index contributed by atoms with van der Waals surface area (Å²) < 4.78 is 5.59. The van der Waals surface area contributed by atoms with Gasteiger partial charge in [0.05, 0.1) is 11.3 Å². The summed E-state index contributed by atoms with van der Waals surface area (Å²) in [5, 5.41) is 2.04. The molecule has 4 heteroatoms. The molecule has 0 radical (unpaired) electrons. The first-order valence-electron chi connectivity index (χ1n) is 8.57. The lowest BCUT2D eigenvalue weighted by Gasteiger charge is -2.36. The highest BCUT2D eigenvalue weighted by atomic mass is 16.6. The summed E-state index contributed by atoms with van der Waals surface area (Å²) in [6.45, 7) is 1.69. The van der Waals surface area contributed by atoms with Crippen LogP contribution in [-0.4, -0.2) is 24.5 Å². The highest BCUT2D eigenvalue weighted by Crippen LogP contribution is 2.33. The highest BCUT2D eigenvalue weighted by Gasteiger charge is 2.44. The summed E-state index contributed by atoms with van der Waals surface area (Å²) in [5.41, 5.74) is 0.942. The second kappa shape index (κ2) is 5.99. The van der Waals surface area contributed by atoms with Crippen molar-refractivity contribution in [2.45, 2.75) is 18.9 Å². The van der Waals surface area contributed by atoms with Gasteiger partial charge in [0.15, 0.2) is 5.60 Å². The minimum absolute atomic E-state index is 0.239. The van der Waals surface area contributed by atoms with E-state index in [-0.39, 0.29) is 5.91 Å². The van der Waals surface area contributed by atoms with Crippen molar-refractivity contribution in [2.24, 2.45) is 0 Å². The zero-order valence-corrected chi connectivity index (χ0v) is 14.7. The maximum absolute atomic E-state index is 13.3. The Balaban J connectivity index is 1.72. The number of carbonyl (C=O) groups is 2. The monoisotopic (exact) mass is 345 g/mol. The van der Waals surface area contributed by atoms with Crippen LogP contribution in [0.15, 0.2) is 66.7 Å². The number of nitrogens with zero attached hydrogens (tertiary/aromatic N) is 1. The number of rotatable bonds is 2. The van der Waals surface area contributed by atoms with Gasteiger partial charge in [0.1, 0.15) is 0 Å². The lowest BCUT2D eigenvalue weighted by atomic mass is 9.88. The van der Waals surface area contributed by atoms with Gasteiger partial charge in [-0.25, -0.2) is 4.79 Å². The van der Waals surface area contributed by atoms with Crippen LogP contribution in [0, 0.1) is 0 Å². The molecule has 0 aliphatic carbocycles. The third-order valence-corrected chi connectivity index (χ3v) is 4.97. The molecule has 1 heterocycles. The molecule has 1 unspecified atom stereocenters. The predicted octanol–water partition coefficient (Wildman–Crippen LogP) is 3.97. The van der Waals surface area contributed by atoms with E-state index in [0.29, 0.717) is 12.0 Å². The number of esters is 1. The molecular formula is C22H19NO3. The predicted molar refractivity (Wildman–Crippen MR) is 101 cm³/mol. The van der Waals surface area contributed by atoms with Crippen molar-refractivity contribution >= 4 is 28.3 Å². The molecule has 4 nitrogen and oxygen atoms in total. The van der Waals surface area contributed by atoms with E-state index in [1.807, 2.05) is 54.6 Å². The minimum atomic E-state index is -1.23. The Labute approximate surface area is 152 Å². The maximum Gasteiger partial charge on any atom is 0.339 e. The van der Waals surface area contributed by atoms with Crippen molar-refractivity contribution in [3.8, 4) is 0 Å². The van der Waals surface area contributed by atoms with E-state index in [0.717, 1.165) is 22.0 Å². The van der Waals surface area contributed by atoms with Crippen molar-refractivity contribution in [2.75, 3.05) is 11.9 Å². The molecule has 4 rings (SSSR count). The first-order chi connectivity index (χ1) is 12.5. The zero-order valence-electron chi connectivity index (χ0n) is 14.7.